The third-order valence-electron chi connectivity index (χ3n) is 2.16. The van der Waals surface area contributed by atoms with Crippen LogP contribution in [0.15, 0.2) is 0 Å². The molecule has 1 fully saturated rings. The lowest BCUT2D eigenvalue weighted by Gasteiger charge is -2.21. The molecule has 0 aromatic heterocycles. The average Bonchev–Trinajstić information content (AvgIpc) is 2.44. The van der Waals surface area contributed by atoms with Gasteiger partial charge in [0.05, 0.1) is 13.2 Å². The summed E-state index contributed by atoms with van der Waals surface area (Å²) in [5, 5.41) is 2.69. The number of carbonyl (C=O) groups is 1. The molecule has 1 aliphatic rings. The van der Waals surface area contributed by atoms with Crippen molar-refractivity contribution < 1.29 is 14.3 Å². The molecule has 15 heavy (non-hydrogen) atoms. The SMILES string of the molecule is CC(C)(C)OC(=O)NC[C@H]1COC[C@@H]1N. The zero-order valence-electron chi connectivity index (χ0n) is 9.58. The van der Waals surface area contributed by atoms with Gasteiger partial charge in [-0.15, -0.1) is 0 Å². The van der Waals surface area contributed by atoms with Crippen molar-refractivity contribution in [2.24, 2.45) is 11.7 Å². The van der Waals surface area contributed by atoms with E-state index in [0.717, 1.165) is 0 Å². The number of alkyl carbamates (subject to hydrolysis) is 1. The zero-order valence-corrected chi connectivity index (χ0v) is 9.58. The second-order valence-electron chi connectivity index (χ2n) is 4.84. The Balaban J connectivity index is 2.22. The predicted molar refractivity (Wildman–Crippen MR) is 56.5 cm³/mol. The largest absolute Gasteiger partial charge is 0.444 e. The average molecular weight is 216 g/mol. The van der Waals surface area contributed by atoms with Gasteiger partial charge in [-0.1, -0.05) is 0 Å². The molecule has 3 N–H and O–H groups in total. The Labute approximate surface area is 90.3 Å². The second-order valence-corrected chi connectivity index (χ2v) is 4.84. The molecule has 1 heterocycles. The first kappa shape index (κ1) is 12.3. The molecule has 0 radical (unpaired) electrons. The van der Waals surface area contributed by atoms with Gasteiger partial charge in [-0.2, -0.15) is 0 Å². The van der Waals surface area contributed by atoms with E-state index in [4.69, 9.17) is 15.2 Å². The highest BCUT2D eigenvalue weighted by Gasteiger charge is 2.25. The Morgan fingerprint density at radius 2 is 2.20 bits per heavy atom. The van der Waals surface area contributed by atoms with Crippen molar-refractivity contribution in [1.82, 2.24) is 5.32 Å². The summed E-state index contributed by atoms with van der Waals surface area (Å²) < 4.78 is 10.3. The van der Waals surface area contributed by atoms with Gasteiger partial charge >= 0.3 is 6.09 Å². The van der Waals surface area contributed by atoms with Crippen LogP contribution in [0.5, 0.6) is 0 Å². The molecule has 1 amide bonds. The number of nitrogens with two attached hydrogens (primary N) is 1. The third-order valence-corrected chi connectivity index (χ3v) is 2.16. The number of carbonyl (C=O) groups excluding carboxylic acids is 1. The quantitative estimate of drug-likeness (QED) is 0.704. The molecule has 1 aliphatic heterocycles. The van der Waals surface area contributed by atoms with Gasteiger partial charge in [0.1, 0.15) is 5.60 Å². The van der Waals surface area contributed by atoms with Crippen LogP contribution in [-0.2, 0) is 9.47 Å². The van der Waals surface area contributed by atoms with E-state index in [0.29, 0.717) is 19.8 Å². The second kappa shape index (κ2) is 4.81. The van der Waals surface area contributed by atoms with Gasteiger partial charge in [0.15, 0.2) is 0 Å². The molecule has 0 spiro atoms. The molecule has 88 valence electrons. The van der Waals surface area contributed by atoms with E-state index >= 15 is 0 Å². The molecule has 0 aromatic rings. The summed E-state index contributed by atoms with van der Waals surface area (Å²) in [5.74, 6) is 0.192. The first-order chi connectivity index (χ1) is 6.88. The molecule has 0 bridgehead atoms. The minimum absolute atomic E-state index is 0.0138. The monoisotopic (exact) mass is 216 g/mol. The van der Waals surface area contributed by atoms with Crippen LogP contribution in [0.3, 0.4) is 0 Å². The maximum absolute atomic E-state index is 11.3. The first-order valence-corrected chi connectivity index (χ1v) is 5.18. The van der Waals surface area contributed by atoms with Crippen LogP contribution in [-0.4, -0.2) is 37.5 Å². The fourth-order valence-electron chi connectivity index (χ4n) is 1.35. The number of nitrogens with one attached hydrogen (secondary N) is 1. The Hall–Kier alpha value is -0.810. The molecule has 0 unspecified atom stereocenters. The minimum atomic E-state index is -0.460. The molecular formula is C10H20N2O3. The lowest BCUT2D eigenvalue weighted by atomic mass is 10.1. The highest BCUT2D eigenvalue weighted by Crippen LogP contribution is 2.11. The minimum Gasteiger partial charge on any atom is -0.444 e. The number of amides is 1. The summed E-state index contributed by atoms with van der Waals surface area (Å²) in [6.07, 6.45) is -0.401. The van der Waals surface area contributed by atoms with Crippen LogP contribution in [0, 0.1) is 5.92 Å². The number of hydrogen-bond donors (Lipinski definition) is 2. The molecule has 5 nitrogen and oxygen atoms in total. The van der Waals surface area contributed by atoms with Crippen molar-refractivity contribution in [3.8, 4) is 0 Å². The Kier molecular flexibility index (Phi) is 3.93. The van der Waals surface area contributed by atoms with E-state index in [1.807, 2.05) is 20.8 Å². The van der Waals surface area contributed by atoms with Gasteiger partial charge in [0.25, 0.3) is 0 Å². The molecule has 1 saturated heterocycles. The van der Waals surface area contributed by atoms with Crippen LogP contribution in [0.4, 0.5) is 4.79 Å². The van der Waals surface area contributed by atoms with E-state index in [1.54, 1.807) is 0 Å². The lowest BCUT2D eigenvalue weighted by molar-refractivity contribution is 0.0517. The van der Waals surface area contributed by atoms with Crippen molar-refractivity contribution in [1.29, 1.82) is 0 Å². The normalized spacial score (nSPS) is 26.4. The fourth-order valence-corrected chi connectivity index (χ4v) is 1.35. The number of rotatable bonds is 2. The Morgan fingerprint density at radius 1 is 1.53 bits per heavy atom. The van der Waals surface area contributed by atoms with Gasteiger partial charge in [0, 0.05) is 18.5 Å². The maximum atomic E-state index is 11.3. The molecule has 0 aromatic carbocycles. The Bertz CT molecular complexity index is 225. The summed E-state index contributed by atoms with van der Waals surface area (Å²) in [6, 6.07) is 0.0138. The van der Waals surface area contributed by atoms with Crippen molar-refractivity contribution in [2.75, 3.05) is 19.8 Å². The van der Waals surface area contributed by atoms with Gasteiger partial charge in [-0.25, -0.2) is 4.79 Å². The van der Waals surface area contributed by atoms with Crippen LogP contribution >= 0.6 is 0 Å². The standard InChI is InChI=1S/C10H20N2O3/c1-10(2,3)15-9(13)12-4-7-5-14-6-8(7)11/h7-8H,4-6,11H2,1-3H3,(H,12,13)/t7-,8-/m0/s1. The molecule has 5 heteroatoms. The van der Waals surface area contributed by atoms with Crippen LogP contribution < -0.4 is 11.1 Å². The summed E-state index contributed by atoms with van der Waals surface area (Å²) in [5.41, 5.74) is 5.32. The van der Waals surface area contributed by atoms with Gasteiger partial charge in [-0.05, 0) is 20.8 Å². The predicted octanol–water partition coefficient (Wildman–Crippen LogP) is 0.485. The summed E-state index contributed by atoms with van der Waals surface area (Å²) in [4.78, 5) is 11.3. The fraction of sp³-hybridized carbons (Fsp3) is 0.900. The van der Waals surface area contributed by atoms with Crippen LogP contribution in [0.1, 0.15) is 20.8 Å². The van der Waals surface area contributed by atoms with Crippen molar-refractivity contribution in [3.63, 3.8) is 0 Å². The molecule has 2 atom stereocenters. The topological polar surface area (TPSA) is 73.6 Å². The molecule has 0 saturated carbocycles. The highest BCUT2D eigenvalue weighted by molar-refractivity contribution is 5.67. The van der Waals surface area contributed by atoms with Crippen molar-refractivity contribution >= 4 is 6.09 Å². The number of ether oxygens (including phenoxy) is 2. The molecule has 0 aliphatic carbocycles. The summed E-state index contributed by atoms with van der Waals surface area (Å²) >= 11 is 0. The van der Waals surface area contributed by atoms with Gasteiger partial charge < -0.3 is 20.5 Å². The van der Waals surface area contributed by atoms with Gasteiger partial charge in [-0.3, -0.25) is 0 Å². The highest BCUT2D eigenvalue weighted by atomic mass is 16.6. The molecule has 1 rings (SSSR count). The smallest absolute Gasteiger partial charge is 0.407 e. The van der Waals surface area contributed by atoms with Gasteiger partial charge in [0.2, 0.25) is 0 Å². The van der Waals surface area contributed by atoms with E-state index in [1.165, 1.54) is 0 Å². The van der Waals surface area contributed by atoms with E-state index in [-0.39, 0.29) is 12.0 Å². The van der Waals surface area contributed by atoms with Crippen molar-refractivity contribution in [2.45, 2.75) is 32.4 Å². The van der Waals surface area contributed by atoms with E-state index in [9.17, 15) is 4.79 Å². The maximum Gasteiger partial charge on any atom is 0.407 e. The van der Waals surface area contributed by atoms with E-state index < -0.39 is 11.7 Å². The van der Waals surface area contributed by atoms with E-state index in [2.05, 4.69) is 5.32 Å². The summed E-state index contributed by atoms with van der Waals surface area (Å²) in [6.45, 7) is 7.18. The lowest BCUT2D eigenvalue weighted by Crippen LogP contribution is -2.40. The molecular weight excluding hydrogens is 196 g/mol. The Morgan fingerprint density at radius 3 is 2.67 bits per heavy atom. The van der Waals surface area contributed by atoms with Crippen LogP contribution in [0.2, 0.25) is 0 Å². The first-order valence-electron chi connectivity index (χ1n) is 5.18. The van der Waals surface area contributed by atoms with Crippen LogP contribution in [0.25, 0.3) is 0 Å². The zero-order chi connectivity index (χ0) is 11.5. The third kappa shape index (κ3) is 4.48. The number of hydrogen-bond acceptors (Lipinski definition) is 4. The van der Waals surface area contributed by atoms with Crippen molar-refractivity contribution in [3.05, 3.63) is 0 Å². The summed E-state index contributed by atoms with van der Waals surface area (Å²) in [7, 11) is 0.